The molecule has 0 aliphatic rings. The van der Waals surface area contributed by atoms with Gasteiger partial charge in [-0.05, 0) is 52.2 Å². The molecule has 0 saturated carbocycles. The molecule has 0 radical (unpaired) electrons. The number of benzene rings is 2. The Balaban J connectivity index is 1.63. The number of nitrogens with one attached hydrogen (secondary N) is 1. The number of tetrazole rings is 1. The summed E-state index contributed by atoms with van der Waals surface area (Å²) in [6.45, 7) is 4.28. The van der Waals surface area contributed by atoms with Crippen molar-refractivity contribution in [2.24, 2.45) is 0 Å². The van der Waals surface area contributed by atoms with Gasteiger partial charge in [-0.1, -0.05) is 49.3 Å². The standard InChI is InChI=1S/C19H20ClN5O2S/c1-12(2)13-4-7-15(8-5-13)25-19(22-23-24-25)28-11-18(26)21-14-6-9-17(27-3)16(20)10-14/h4-10,12H,11H2,1-3H3,(H,21,26). The van der Waals surface area contributed by atoms with E-state index in [-0.39, 0.29) is 11.7 Å². The Bertz CT molecular complexity index is 959. The van der Waals surface area contributed by atoms with Crippen molar-refractivity contribution in [3.63, 3.8) is 0 Å². The molecule has 0 unspecified atom stereocenters. The number of methoxy groups -OCH3 is 1. The van der Waals surface area contributed by atoms with Gasteiger partial charge in [-0.15, -0.1) is 5.10 Å². The molecule has 28 heavy (non-hydrogen) atoms. The number of hydrogen-bond acceptors (Lipinski definition) is 6. The number of hydrogen-bond donors (Lipinski definition) is 1. The van der Waals surface area contributed by atoms with Crippen LogP contribution in [0.5, 0.6) is 5.75 Å². The first kappa shape index (κ1) is 20.2. The maximum Gasteiger partial charge on any atom is 0.234 e. The van der Waals surface area contributed by atoms with E-state index < -0.39 is 0 Å². The quantitative estimate of drug-likeness (QED) is 0.581. The van der Waals surface area contributed by atoms with E-state index in [2.05, 4.69) is 46.8 Å². The lowest BCUT2D eigenvalue weighted by Crippen LogP contribution is -2.14. The van der Waals surface area contributed by atoms with Crippen LogP contribution >= 0.6 is 23.4 Å². The van der Waals surface area contributed by atoms with Crippen molar-refractivity contribution >= 4 is 35.0 Å². The Morgan fingerprint density at radius 2 is 2.00 bits per heavy atom. The van der Waals surface area contributed by atoms with E-state index in [1.807, 2.05) is 12.1 Å². The van der Waals surface area contributed by atoms with Gasteiger partial charge < -0.3 is 10.1 Å². The molecular formula is C19H20ClN5O2S. The van der Waals surface area contributed by atoms with E-state index >= 15 is 0 Å². The van der Waals surface area contributed by atoms with Gasteiger partial charge in [0.15, 0.2) is 0 Å². The van der Waals surface area contributed by atoms with Crippen molar-refractivity contribution in [1.29, 1.82) is 0 Å². The van der Waals surface area contributed by atoms with Crippen LogP contribution in [-0.4, -0.2) is 39.0 Å². The number of thioether (sulfide) groups is 1. The summed E-state index contributed by atoms with van der Waals surface area (Å²) in [5.74, 6) is 0.980. The fourth-order valence-electron chi connectivity index (χ4n) is 2.50. The number of anilines is 1. The van der Waals surface area contributed by atoms with Gasteiger partial charge >= 0.3 is 0 Å². The number of amides is 1. The summed E-state index contributed by atoms with van der Waals surface area (Å²) in [6, 6.07) is 13.1. The zero-order valence-electron chi connectivity index (χ0n) is 15.7. The highest BCUT2D eigenvalue weighted by atomic mass is 35.5. The molecule has 1 amide bonds. The predicted octanol–water partition coefficient (Wildman–Crippen LogP) is 4.18. The monoisotopic (exact) mass is 417 g/mol. The third kappa shape index (κ3) is 4.82. The number of nitrogens with zero attached hydrogens (tertiary/aromatic N) is 4. The maximum atomic E-state index is 12.3. The molecule has 3 aromatic rings. The minimum Gasteiger partial charge on any atom is -0.495 e. The van der Waals surface area contributed by atoms with Gasteiger partial charge in [0.1, 0.15) is 5.75 Å². The Labute approximate surface area is 172 Å². The Morgan fingerprint density at radius 1 is 1.25 bits per heavy atom. The van der Waals surface area contributed by atoms with Crippen molar-refractivity contribution in [1.82, 2.24) is 20.2 Å². The van der Waals surface area contributed by atoms with E-state index in [1.165, 1.54) is 24.4 Å². The van der Waals surface area contributed by atoms with Crippen molar-refractivity contribution < 1.29 is 9.53 Å². The van der Waals surface area contributed by atoms with Gasteiger partial charge in [-0.25, -0.2) is 0 Å². The lowest BCUT2D eigenvalue weighted by atomic mass is 10.0. The molecule has 0 atom stereocenters. The number of aromatic nitrogens is 4. The second kappa shape index (κ2) is 9.07. The first-order valence-electron chi connectivity index (χ1n) is 8.63. The summed E-state index contributed by atoms with van der Waals surface area (Å²) in [7, 11) is 1.54. The molecule has 0 bridgehead atoms. The topological polar surface area (TPSA) is 81.9 Å². The molecule has 2 aromatic carbocycles. The first-order chi connectivity index (χ1) is 13.5. The van der Waals surface area contributed by atoms with Crippen LogP contribution in [0.4, 0.5) is 5.69 Å². The van der Waals surface area contributed by atoms with Gasteiger partial charge in [-0.3, -0.25) is 4.79 Å². The minimum absolute atomic E-state index is 0.161. The van der Waals surface area contributed by atoms with Crippen LogP contribution in [0.25, 0.3) is 5.69 Å². The molecule has 9 heteroatoms. The van der Waals surface area contributed by atoms with Gasteiger partial charge in [0, 0.05) is 5.69 Å². The number of rotatable bonds is 7. The molecule has 3 rings (SSSR count). The summed E-state index contributed by atoms with van der Waals surface area (Å²) >= 11 is 7.33. The summed E-state index contributed by atoms with van der Waals surface area (Å²) < 4.78 is 6.72. The van der Waals surface area contributed by atoms with Gasteiger partial charge in [0.05, 0.1) is 23.6 Å². The largest absolute Gasteiger partial charge is 0.495 e. The van der Waals surface area contributed by atoms with E-state index in [4.69, 9.17) is 16.3 Å². The molecule has 1 aromatic heterocycles. The molecule has 0 aliphatic carbocycles. The fraction of sp³-hybridized carbons (Fsp3) is 0.263. The number of halogens is 1. The van der Waals surface area contributed by atoms with Crippen molar-refractivity contribution in [2.45, 2.75) is 24.9 Å². The molecule has 1 heterocycles. The van der Waals surface area contributed by atoms with Crippen LogP contribution in [0, 0.1) is 0 Å². The smallest absolute Gasteiger partial charge is 0.234 e. The van der Waals surface area contributed by atoms with Crippen molar-refractivity contribution in [3.8, 4) is 11.4 Å². The normalized spacial score (nSPS) is 10.9. The van der Waals surface area contributed by atoms with Crippen molar-refractivity contribution in [3.05, 3.63) is 53.1 Å². The van der Waals surface area contributed by atoms with E-state index in [0.717, 1.165) is 5.69 Å². The van der Waals surface area contributed by atoms with E-state index in [9.17, 15) is 4.79 Å². The molecule has 0 aliphatic heterocycles. The second-order valence-corrected chi connectivity index (χ2v) is 7.66. The Hall–Kier alpha value is -2.58. The van der Waals surface area contributed by atoms with Crippen LogP contribution in [0.2, 0.25) is 5.02 Å². The minimum atomic E-state index is -0.184. The van der Waals surface area contributed by atoms with Crippen LogP contribution in [-0.2, 0) is 4.79 Å². The Morgan fingerprint density at radius 3 is 2.64 bits per heavy atom. The lowest BCUT2D eigenvalue weighted by Gasteiger charge is -2.09. The lowest BCUT2D eigenvalue weighted by molar-refractivity contribution is -0.113. The SMILES string of the molecule is COc1ccc(NC(=O)CSc2nnnn2-c2ccc(C(C)C)cc2)cc1Cl. The highest BCUT2D eigenvalue weighted by molar-refractivity contribution is 7.99. The first-order valence-corrected chi connectivity index (χ1v) is 9.99. The van der Waals surface area contributed by atoms with Crippen LogP contribution < -0.4 is 10.1 Å². The third-order valence-electron chi connectivity index (χ3n) is 4.01. The maximum absolute atomic E-state index is 12.3. The van der Waals surface area contributed by atoms with Gasteiger partial charge in [-0.2, -0.15) is 4.68 Å². The molecule has 7 nitrogen and oxygen atoms in total. The van der Waals surface area contributed by atoms with Gasteiger partial charge in [0.25, 0.3) is 0 Å². The average molecular weight is 418 g/mol. The summed E-state index contributed by atoms with van der Waals surface area (Å²) in [5, 5.41) is 15.5. The summed E-state index contributed by atoms with van der Waals surface area (Å²) in [4.78, 5) is 12.3. The molecule has 0 spiro atoms. The zero-order valence-corrected chi connectivity index (χ0v) is 17.3. The molecule has 0 saturated heterocycles. The second-order valence-electron chi connectivity index (χ2n) is 6.31. The highest BCUT2D eigenvalue weighted by Crippen LogP contribution is 2.27. The molecule has 146 valence electrons. The highest BCUT2D eigenvalue weighted by Gasteiger charge is 2.13. The number of carbonyl (C=O) groups excluding carboxylic acids is 1. The van der Waals surface area contributed by atoms with E-state index in [1.54, 1.807) is 22.9 Å². The van der Waals surface area contributed by atoms with Crippen LogP contribution in [0.3, 0.4) is 0 Å². The number of carbonyl (C=O) groups is 1. The Kier molecular flexibility index (Phi) is 6.53. The summed E-state index contributed by atoms with van der Waals surface area (Å²) in [6.07, 6.45) is 0. The number of ether oxygens (including phenoxy) is 1. The summed E-state index contributed by atoms with van der Waals surface area (Å²) in [5.41, 5.74) is 2.68. The predicted molar refractivity (Wildman–Crippen MR) is 111 cm³/mol. The van der Waals surface area contributed by atoms with Gasteiger partial charge in [0.2, 0.25) is 11.1 Å². The molecule has 1 N–H and O–H groups in total. The fourth-order valence-corrected chi connectivity index (χ4v) is 3.45. The van der Waals surface area contributed by atoms with Crippen LogP contribution in [0.1, 0.15) is 25.3 Å². The zero-order chi connectivity index (χ0) is 20.1. The van der Waals surface area contributed by atoms with Crippen LogP contribution in [0.15, 0.2) is 47.6 Å². The molecule has 0 fully saturated rings. The average Bonchev–Trinajstić information content (AvgIpc) is 3.15. The molecular weight excluding hydrogens is 398 g/mol. The third-order valence-corrected chi connectivity index (χ3v) is 5.23. The van der Waals surface area contributed by atoms with Crippen molar-refractivity contribution in [2.75, 3.05) is 18.2 Å². The van der Waals surface area contributed by atoms with E-state index in [0.29, 0.717) is 27.5 Å².